The van der Waals surface area contributed by atoms with E-state index in [0.717, 1.165) is 23.3 Å². The van der Waals surface area contributed by atoms with Gasteiger partial charge in [0.05, 0.1) is 16.6 Å². The van der Waals surface area contributed by atoms with Crippen LogP contribution in [-0.2, 0) is 16.6 Å². The van der Waals surface area contributed by atoms with Gasteiger partial charge in [-0.05, 0) is 36.2 Å². The van der Waals surface area contributed by atoms with Crippen LogP contribution in [0.15, 0.2) is 59.5 Å². The summed E-state index contributed by atoms with van der Waals surface area (Å²) in [4.78, 5) is 12.6. The van der Waals surface area contributed by atoms with E-state index in [-0.39, 0.29) is 6.03 Å². The summed E-state index contributed by atoms with van der Waals surface area (Å²) in [5.74, 6) is 0.428. The van der Waals surface area contributed by atoms with Crippen LogP contribution in [-0.4, -0.2) is 16.8 Å². The molecule has 122 valence electrons. The zero-order valence-electron chi connectivity index (χ0n) is 13.2. The second-order valence-corrected chi connectivity index (χ2v) is 6.69. The number of hydrogen-bond donors (Lipinski definition) is 2. The molecule has 0 aliphatic heterocycles. The molecule has 2 aromatic rings. The van der Waals surface area contributed by atoms with Crippen molar-refractivity contribution in [3.05, 3.63) is 60.2 Å². The van der Waals surface area contributed by atoms with Gasteiger partial charge < -0.3 is 10.6 Å². The van der Waals surface area contributed by atoms with Crippen molar-refractivity contribution >= 4 is 22.5 Å². The van der Waals surface area contributed by atoms with Gasteiger partial charge >= 0.3 is 6.03 Å². The van der Waals surface area contributed by atoms with Crippen LogP contribution in [0.5, 0.6) is 0 Å². The summed E-state index contributed by atoms with van der Waals surface area (Å²) in [6.45, 7) is 2.75. The molecule has 0 aliphatic rings. The molecule has 1 atom stereocenters. The van der Waals surface area contributed by atoms with E-state index in [9.17, 15) is 9.00 Å². The minimum atomic E-state index is -1.09. The van der Waals surface area contributed by atoms with E-state index in [0.29, 0.717) is 18.0 Å². The molecule has 0 spiro atoms. The van der Waals surface area contributed by atoms with Crippen molar-refractivity contribution in [3.8, 4) is 0 Å². The van der Waals surface area contributed by atoms with Crippen LogP contribution < -0.4 is 10.6 Å². The molecular weight excluding hydrogens is 308 g/mol. The molecule has 5 heteroatoms. The van der Waals surface area contributed by atoms with E-state index in [1.54, 1.807) is 0 Å². The average molecular weight is 330 g/mol. The fourth-order valence-corrected chi connectivity index (χ4v) is 3.21. The van der Waals surface area contributed by atoms with Gasteiger partial charge in [-0.25, -0.2) is 4.79 Å². The fourth-order valence-electron chi connectivity index (χ4n) is 2.10. The van der Waals surface area contributed by atoms with E-state index in [1.807, 2.05) is 54.6 Å². The highest BCUT2D eigenvalue weighted by molar-refractivity contribution is 7.84. The van der Waals surface area contributed by atoms with Gasteiger partial charge in [-0.15, -0.1) is 0 Å². The summed E-state index contributed by atoms with van der Waals surface area (Å²) in [6.07, 6.45) is 2.00. The molecule has 0 saturated carbocycles. The molecule has 4 nitrogen and oxygen atoms in total. The number of hydrogen-bond acceptors (Lipinski definition) is 2. The van der Waals surface area contributed by atoms with Gasteiger partial charge in [0, 0.05) is 17.1 Å². The Labute approximate surface area is 139 Å². The summed E-state index contributed by atoms with van der Waals surface area (Å²) in [5.41, 5.74) is 1.64. The van der Waals surface area contributed by atoms with Gasteiger partial charge in [0.25, 0.3) is 0 Å². The van der Waals surface area contributed by atoms with Crippen molar-refractivity contribution in [1.82, 2.24) is 5.32 Å². The Kier molecular flexibility index (Phi) is 6.81. The summed E-state index contributed by atoms with van der Waals surface area (Å²) in [5, 5.41) is 5.61. The lowest BCUT2D eigenvalue weighted by Crippen LogP contribution is -2.29. The number of unbranched alkanes of at least 4 members (excludes halogenated alkanes) is 1. The van der Waals surface area contributed by atoms with E-state index in [1.165, 1.54) is 0 Å². The zero-order chi connectivity index (χ0) is 16.5. The van der Waals surface area contributed by atoms with E-state index in [4.69, 9.17) is 0 Å². The molecule has 2 aromatic carbocycles. The number of amides is 2. The van der Waals surface area contributed by atoms with Gasteiger partial charge in [0.1, 0.15) is 0 Å². The van der Waals surface area contributed by atoms with Gasteiger partial charge in [-0.1, -0.05) is 43.7 Å². The predicted molar refractivity (Wildman–Crippen MR) is 94.9 cm³/mol. The quantitative estimate of drug-likeness (QED) is 0.756. The highest BCUT2D eigenvalue weighted by Crippen LogP contribution is 2.16. The Morgan fingerprint density at radius 2 is 1.87 bits per heavy atom. The summed E-state index contributed by atoms with van der Waals surface area (Å²) in [6, 6.07) is 16.6. The molecule has 0 aliphatic carbocycles. The largest absolute Gasteiger partial charge is 0.338 e. The molecule has 0 radical (unpaired) electrons. The first-order valence-electron chi connectivity index (χ1n) is 7.76. The Balaban J connectivity index is 1.94. The third-order valence-corrected chi connectivity index (χ3v) is 4.70. The number of nitrogens with one attached hydrogen (secondary N) is 2. The van der Waals surface area contributed by atoms with Crippen LogP contribution in [0, 0.1) is 0 Å². The maximum Gasteiger partial charge on any atom is 0.319 e. The minimum absolute atomic E-state index is 0.209. The molecule has 0 saturated heterocycles. The highest BCUT2D eigenvalue weighted by Gasteiger charge is 2.06. The highest BCUT2D eigenvalue weighted by atomic mass is 32.2. The second kappa shape index (κ2) is 9.10. The number of carbonyl (C=O) groups is 1. The lowest BCUT2D eigenvalue weighted by atomic mass is 10.2. The van der Waals surface area contributed by atoms with Crippen LogP contribution in [0.4, 0.5) is 10.5 Å². The lowest BCUT2D eigenvalue weighted by Gasteiger charge is -2.09. The molecule has 0 fully saturated rings. The van der Waals surface area contributed by atoms with Crippen molar-refractivity contribution < 1.29 is 9.00 Å². The standard InChI is InChI=1S/C18H22N2O2S/c1-2-3-12-19-18(21)20-16-9-7-8-15(13-16)14-23(22)17-10-5-4-6-11-17/h4-11,13H,2-3,12,14H2,1H3,(H2,19,20,21). The lowest BCUT2D eigenvalue weighted by molar-refractivity contribution is 0.252. The van der Waals surface area contributed by atoms with Gasteiger partial charge in [-0.2, -0.15) is 0 Å². The number of benzene rings is 2. The number of anilines is 1. The van der Waals surface area contributed by atoms with E-state index >= 15 is 0 Å². The number of urea groups is 1. The Hall–Kier alpha value is -2.14. The first-order chi connectivity index (χ1) is 11.2. The molecule has 0 heterocycles. The average Bonchev–Trinajstić information content (AvgIpc) is 2.56. The maximum atomic E-state index is 12.3. The topological polar surface area (TPSA) is 58.2 Å². The van der Waals surface area contributed by atoms with Crippen molar-refractivity contribution in [1.29, 1.82) is 0 Å². The molecule has 23 heavy (non-hydrogen) atoms. The first-order valence-corrected chi connectivity index (χ1v) is 9.08. The van der Waals surface area contributed by atoms with Gasteiger partial charge in [0.2, 0.25) is 0 Å². The van der Waals surface area contributed by atoms with Gasteiger partial charge in [0.15, 0.2) is 0 Å². The smallest absolute Gasteiger partial charge is 0.319 e. The molecule has 2 amide bonds. The zero-order valence-corrected chi connectivity index (χ0v) is 14.1. The van der Waals surface area contributed by atoms with E-state index in [2.05, 4.69) is 17.6 Å². The molecule has 0 bridgehead atoms. The monoisotopic (exact) mass is 330 g/mol. The van der Waals surface area contributed by atoms with Crippen molar-refractivity contribution in [2.75, 3.05) is 11.9 Å². The molecule has 0 aromatic heterocycles. The normalized spacial score (nSPS) is 11.7. The summed E-state index contributed by atoms with van der Waals surface area (Å²) < 4.78 is 12.3. The second-order valence-electron chi connectivity index (χ2n) is 5.24. The Morgan fingerprint density at radius 3 is 2.61 bits per heavy atom. The Morgan fingerprint density at radius 1 is 1.09 bits per heavy atom. The van der Waals surface area contributed by atoms with Crippen LogP contribution in [0.3, 0.4) is 0 Å². The van der Waals surface area contributed by atoms with Gasteiger partial charge in [-0.3, -0.25) is 4.21 Å². The van der Waals surface area contributed by atoms with E-state index < -0.39 is 10.8 Å². The third-order valence-electron chi connectivity index (χ3n) is 3.30. The molecule has 2 N–H and O–H groups in total. The summed E-state index contributed by atoms with van der Waals surface area (Å²) >= 11 is 0. The first kappa shape index (κ1) is 17.2. The molecule has 2 rings (SSSR count). The van der Waals surface area contributed by atoms with Crippen LogP contribution in [0.25, 0.3) is 0 Å². The third kappa shape index (κ3) is 5.87. The van der Waals surface area contributed by atoms with Crippen LogP contribution in [0.1, 0.15) is 25.3 Å². The maximum absolute atomic E-state index is 12.3. The SMILES string of the molecule is CCCCNC(=O)Nc1cccc(CS(=O)c2ccccc2)c1. The summed E-state index contributed by atoms with van der Waals surface area (Å²) in [7, 11) is -1.09. The number of carbonyl (C=O) groups excluding carboxylic acids is 1. The minimum Gasteiger partial charge on any atom is -0.338 e. The van der Waals surface area contributed by atoms with Crippen molar-refractivity contribution in [3.63, 3.8) is 0 Å². The predicted octanol–water partition coefficient (Wildman–Crippen LogP) is 3.92. The van der Waals surface area contributed by atoms with Crippen molar-refractivity contribution in [2.24, 2.45) is 0 Å². The number of rotatable bonds is 7. The fraction of sp³-hybridized carbons (Fsp3) is 0.278. The molecule has 1 unspecified atom stereocenters. The van der Waals surface area contributed by atoms with Crippen LogP contribution >= 0.6 is 0 Å². The van der Waals surface area contributed by atoms with Crippen molar-refractivity contribution in [2.45, 2.75) is 30.4 Å². The molecular formula is C18H22N2O2S. The van der Waals surface area contributed by atoms with Crippen LogP contribution in [0.2, 0.25) is 0 Å². The Bertz CT molecular complexity index is 659.